The number of nitrogens with zero attached hydrogens (tertiary/aromatic N) is 1. The minimum atomic E-state index is -0.891. The molecule has 0 atom stereocenters. The Labute approximate surface area is 204 Å². The minimum Gasteiger partial charge on any atom is -0.496 e. The number of hydrogen-bond acceptors (Lipinski definition) is 4. The van der Waals surface area contributed by atoms with E-state index in [0.717, 1.165) is 16.7 Å². The number of halogens is 1. The van der Waals surface area contributed by atoms with Gasteiger partial charge in [-0.05, 0) is 60.7 Å². The van der Waals surface area contributed by atoms with Gasteiger partial charge in [0.1, 0.15) is 17.3 Å². The van der Waals surface area contributed by atoms with Crippen molar-refractivity contribution in [2.45, 2.75) is 32.7 Å². The second-order valence-corrected chi connectivity index (χ2v) is 8.35. The van der Waals surface area contributed by atoms with E-state index in [1.165, 1.54) is 12.1 Å². The molecule has 0 aliphatic carbocycles. The molecule has 0 saturated carbocycles. The Bertz CT molecular complexity index is 1130. The van der Waals surface area contributed by atoms with Crippen molar-refractivity contribution >= 4 is 11.9 Å². The highest BCUT2D eigenvalue weighted by molar-refractivity contribution is 5.95. The molecule has 0 saturated heterocycles. The van der Waals surface area contributed by atoms with Gasteiger partial charge in [-0.1, -0.05) is 36.4 Å². The molecule has 0 aromatic heterocycles. The predicted molar refractivity (Wildman–Crippen MR) is 132 cm³/mol. The largest absolute Gasteiger partial charge is 0.496 e. The molecular formula is C28H30FNO5. The summed E-state index contributed by atoms with van der Waals surface area (Å²) in [5, 5.41) is 9.00. The third kappa shape index (κ3) is 7.06. The van der Waals surface area contributed by atoms with E-state index in [4.69, 9.17) is 14.6 Å². The van der Waals surface area contributed by atoms with Gasteiger partial charge in [-0.25, -0.2) is 4.39 Å². The Kier molecular flexibility index (Phi) is 8.84. The lowest BCUT2D eigenvalue weighted by molar-refractivity contribution is -0.136. The van der Waals surface area contributed by atoms with E-state index >= 15 is 0 Å². The topological polar surface area (TPSA) is 76.1 Å². The van der Waals surface area contributed by atoms with Crippen molar-refractivity contribution in [2.24, 2.45) is 0 Å². The fourth-order valence-corrected chi connectivity index (χ4v) is 3.93. The molecule has 3 aromatic rings. The first-order chi connectivity index (χ1) is 16.8. The quantitative estimate of drug-likeness (QED) is 0.416. The number of ether oxygens (including phenoxy) is 2. The lowest BCUT2D eigenvalue weighted by Crippen LogP contribution is -2.32. The van der Waals surface area contributed by atoms with Gasteiger partial charge in [0.05, 0.1) is 20.6 Å². The van der Waals surface area contributed by atoms with Crippen LogP contribution >= 0.6 is 0 Å². The van der Waals surface area contributed by atoms with Crippen molar-refractivity contribution in [1.29, 1.82) is 0 Å². The second-order valence-electron chi connectivity index (χ2n) is 8.35. The van der Waals surface area contributed by atoms with Crippen LogP contribution < -0.4 is 9.47 Å². The number of methoxy groups -OCH3 is 2. The summed E-state index contributed by atoms with van der Waals surface area (Å²) in [6, 6.07) is 17.0. The van der Waals surface area contributed by atoms with Crippen LogP contribution in [0.3, 0.4) is 0 Å². The van der Waals surface area contributed by atoms with Crippen LogP contribution in [0.4, 0.5) is 4.39 Å². The first-order valence-corrected chi connectivity index (χ1v) is 11.4. The summed E-state index contributed by atoms with van der Waals surface area (Å²) < 4.78 is 24.1. The van der Waals surface area contributed by atoms with Crippen LogP contribution in [-0.2, 0) is 24.2 Å². The lowest BCUT2D eigenvalue weighted by Gasteiger charge is -2.24. The van der Waals surface area contributed by atoms with E-state index in [1.807, 2.05) is 19.1 Å². The van der Waals surface area contributed by atoms with Crippen molar-refractivity contribution in [1.82, 2.24) is 4.90 Å². The number of rotatable bonds is 11. The van der Waals surface area contributed by atoms with Gasteiger partial charge in [0, 0.05) is 24.2 Å². The number of carboxylic acids is 1. The Morgan fingerprint density at radius 1 is 0.886 bits per heavy atom. The predicted octanol–water partition coefficient (Wildman–Crippen LogP) is 5.05. The summed E-state index contributed by atoms with van der Waals surface area (Å²) in [6.07, 6.45) is 1.33. The van der Waals surface area contributed by atoms with E-state index in [1.54, 1.807) is 55.5 Å². The molecule has 0 aliphatic heterocycles. The summed E-state index contributed by atoms with van der Waals surface area (Å²) in [5.74, 6) is -0.207. The van der Waals surface area contributed by atoms with Crippen molar-refractivity contribution in [3.8, 4) is 11.5 Å². The fourth-order valence-electron chi connectivity index (χ4n) is 3.93. The Balaban J connectivity index is 1.82. The maximum atomic E-state index is 13.6. The highest BCUT2D eigenvalue weighted by atomic mass is 19.1. The Morgan fingerprint density at radius 2 is 1.43 bits per heavy atom. The summed E-state index contributed by atoms with van der Waals surface area (Å²) >= 11 is 0. The summed E-state index contributed by atoms with van der Waals surface area (Å²) in [5.41, 5.74) is 3.84. The molecule has 3 aromatic carbocycles. The fraction of sp³-hybridized carbons (Fsp3) is 0.286. The molecule has 7 heteroatoms. The number of aliphatic carboxylic acids is 1. The molecule has 0 radical (unpaired) electrons. The van der Waals surface area contributed by atoms with Crippen molar-refractivity contribution in [2.75, 3.05) is 20.8 Å². The minimum absolute atomic E-state index is 0.0520. The number of carbonyl (C=O) groups is 2. The number of benzene rings is 3. The van der Waals surface area contributed by atoms with Crippen LogP contribution in [0, 0.1) is 12.7 Å². The lowest BCUT2D eigenvalue weighted by atomic mass is 10.1. The van der Waals surface area contributed by atoms with Gasteiger partial charge in [0.15, 0.2) is 0 Å². The van der Waals surface area contributed by atoms with Crippen molar-refractivity contribution < 1.29 is 28.6 Å². The van der Waals surface area contributed by atoms with Crippen LogP contribution in [-0.4, -0.2) is 42.6 Å². The van der Waals surface area contributed by atoms with Gasteiger partial charge in [-0.15, -0.1) is 0 Å². The maximum absolute atomic E-state index is 13.6. The number of amides is 1. The number of carbonyl (C=O) groups excluding carboxylic acids is 1. The van der Waals surface area contributed by atoms with Gasteiger partial charge >= 0.3 is 5.97 Å². The standard InChI is InChI=1S/C28H30FNO5/c1-19-25(34-2)16-23(17-26(19)35-3)28(33)30(14-4-5-20-10-12-24(29)13-11-20)18-22-8-6-21(7-9-22)15-27(31)32/h6-13,16-17H,4-5,14-15,18H2,1-3H3,(H,31,32). The highest BCUT2D eigenvalue weighted by Crippen LogP contribution is 2.30. The van der Waals surface area contributed by atoms with E-state index in [9.17, 15) is 14.0 Å². The Hall–Kier alpha value is -3.87. The van der Waals surface area contributed by atoms with Crippen LogP contribution in [0.2, 0.25) is 0 Å². The smallest absolute Gasteiger partial charge is 0.307 e. The normalized spacial score (nSPS) is 10.6. The Morgan fingerprint density at radius 3 is 1.97 bits per heavy atom. The molecule has 1 N–H and O–H groups in total. The van der Waals surface area contributed by atoms with E-state index in [2.05, 4.69) is 0 Å². The van der Waals surface area contributed by atoms with Gasteiger partial charge in [0.25, 0.3) is 5.91 Å². The molecule has 0 aliphatic rings. The summed E-state index contributed by atoms with van der Waals surface area (Å²) in [7, 11) is 3.10. The maximum Gasteiger partial charge on any atom is 0.307 e. The molecule has 0 heterocycles. The monoisotopic (exact) mass is 479 g/mol. The van der Waals surface area contributed by atoms with E-state index < -0.39 is 5.97 Å². The molecule has 0 bridgehead atoms. The second kappa shape index (κ2) is 12.0. The number of carboxylic acid groups (broad SMARTS) is 1. The van der Waals surface area contributed by atoms with Crippen LogP contribution in [0.15, 0.2) is 60.7 Å². The first kappa shape index (κ1) is 25.7. The third-order valence-corrected chi connectivity index (χ3v) is 5.84. The van der Waals surface area contributed by atoms with E-state index in [0.29, 0.717) is 48.6 Å². The molecule has 0 unspecified atom stereocenters. The molecule has 184 valence electrons. The average Bonchev–Trinajstić information content (AvgIpc) is 2.85. The van der Waals surface area contributed by atoms with Crippen LogP contribution in [0.5, 0.6) is 11.5 Å². The molecule has 1 amide bonds. The van der Waals surface area contributed by atoms with Gasteiger partial charge in [-0.3, -0.25) is 9.59 Å². The average molecular weight is 480 g/mol. The number of hydrogen-bond donors (Lipinski definition) is 1. The van der Waals surface area contributed by atoms with Gasteiger partial charge < -0.3 is 19.5 Å². The third-order valence-electron chi connectivity index (χ3n) is 5.84. The summed E-state index contributed by atoms with van der Waals surface area (Å²) in [4.78, 5) is 26.3. The zero-order valence-electron chi connectivity index (χ0n) is 20.2. The van der Waals surface area contributed by atoms with Gasteiger partial charge in [0.2, 0.25) is 0 Å². The highest BCUT2D eigenvalue weighted by Gasteiger charge is 2.20. The van der Waals surface area contributed by atoms with Crippen molar-refractivity contribution in [3.05, 3.63) is 94.3 Å². The number of aryl methyl sites for hydroxylation is 1. The van der Waals surface area contributed by atoms with Crippen molar-refractivity contribution in [3.63, 3.8) is 0 Å². The van der Waals surface area contributed by atoms with Crippen LogP contribution in [0.25, 0.3) is 0 Å². The molecular weight excluding hydrogens is 449 g/mol. The molecule has 0 spiro atoms. The molecule has 0 fully saturated rings. The zero-order valence-corrected chi connectivity index (χ0v) is 20.2. The molecule has 6 nitrogen and oxygen atoms in total. The molecule has 3 rings (SSSR count). The molecule has 35 heavy (non-hydrogen) atoms. The SMILES string of the molecule is COc1cc(C(=O)N(CCCc2ccc(F)cc2)Cc2ccc(CC(=O)O)cc2)cc(OC)c1C. The van der Waals surface area contributed by atoms with Gasteiger partial charge in [-0.2, -0.15) is 0 Å². The van der Waals surface area contributed by atoms with Crippen LogP contribution in [0.1, 0.15) is 39.0 Å². The zero-order chi connectivity index (χ0) is 25.4. The first-order valence-electron chi connectivity index (χ1n) is 11.4. The van der Waals surface area contributed by atoms with E-state index in [-0.39, 0.29) is 18.1 Å². The summed E-state index contributed by atoms with van der Waals surface area (Å²) in [6.45, 7) is 2.70.